The van der Waals surface area contributed by atoms with Gasteiger partial charge in [0.1, 0.15) is 5.82 Å². The molecule has 0 spiro atoms. The van der Waals surface area contributed by atoms with Crippen LogP contribution in [0, 0.1) is 5.92 Å². The molecule has 0 unspecified atom stereocenters. The number of likely N-dealkylation sites (N-methyl/N-ethyl adjacent to an activating group) is 1. The molecule has 162 valence electrons. The van der Waals surface area contributed by atoms with E-state index in [1.165, 1.54) is 0 Å². The zero-order valence-corrected chi connectivity index (χ0v) is 18.4. The Morgan fingerprint density at radius 3 is 2.87 bits per heavy atom. The highest BCUT2D eigenvalue weighted by atomic mass is 35.5. The Hall–Kier alpha value is -2.64. The number of hydrogen-bond donors (Lipinski definition) is 0. The molecule has 0 radical (unpaired) electrons. The highest BCUT2D eigenvalue weighted by Crippen LogP contribution is 2.36. The lowest BCUT2D eigenvalue weighted by Gasteiger charge is -2.43. The van der Waals surface area contributed by atoms with E-state index in [9.17, 15) is 4.79 Å². The van der Waals surface area contributed by atoms with Gasteiger partial charge in [0.2, 0.25) is 0 Å². The highest BCUT2D eigenvalue weighted by molar-refractivity contribution is 6.30. The number of halogens is 1. The van der Waals surface area contributed by atoms with Crippen molar-refractivity contribution in [1.29, 1.82) is 0 Å². The van der Waals surface area contributed by atoms with Gasteiger partial charge >= 0.3 is 0 Å². The Balaban J connectivity index is 1.31. The van der Waals surface area contributed by atoms with E-state index < -0.39 is 0 Å². The standard InChI is InChI=1S/C23H27ClN6O/c1-27(8-9-28-7-6-25-16-28)14-18-2-4-21-19-10-17(13-30(21)23(18)31)12-29(15-19)22-5-3-20(24)11-26-22/h2-7,11,16-17,19H,8-10,12-15H2,1H3/t17-,19+/m0/s1. The Morgan fingerprint density at radius 1 is 1.19 bits per heavy atom. The zero-order valence-electron chi connectivity index (χ0n) is 17.7. The lowest BCUT2D eigenvalue weighted by Crippen LogP contribution is -2.48. The van der Waals surface area contributed by atoms with Gasteiger partial charge in [-0.15, -0.1) is 0 Å². The fourth-order valence-corrected chi connectivity index (χ4v) is 5.04. The number of aromatic nitrogens is 4. The van der Waals surface area contributed by atoms with Gasteiger partial charge in [-0.2, -0.15) is 0 Å². The minimum absolute atomic E-state index is 0.166. The second-order valence-corrected chi connectivity index (χ2v) is 9.21. The van der Waals surface area contributed by atoms with Crippen molar-refractivity contribution >= 4 is 17.4 Å². The van der Waals surface area contributed by atoms with Crippen LogP contribution in [0.15, 0.2) is 54.0 Å². The molecule has 2 bridgehead atoms. The maximum Gasteiger partial charge on any atom is 0.255 e. The van der Waals surface area contributed by atoms with Crippen molar-refractivity contribution < 1.29 is 0 Å². The minimum Gasteiger partial charge on any atom is -0.356 e. The molecule has 5 rings (SSSR count). The van der Waals surface area contributed by atoms with E-state index in [0.717, 1.165) is 56.2 Å². The molecule has 8 heteroatoms. The number of hydrogen-bond acceptors (Lipinski definition) is 5. The van der Waals surface area contributed by atoms with Gasteiger partial charge in [-0.1, -0.05) is 17.7 Å². The van der Waals surface area contributed by atoms with Crippen LogP contribution in [-0.2, 0) is 19.6 Å². The number of rotatable bonds is 6. The summed E-state index contributed by atoms with van der Waals surface area (Å²) in [5, 5.41) is 0.653. The van der Waals surface area contributed by atoms with Gasteiger partial charge in [-0.3, -0.25) is 4.79 Å². The minimum atomic E-state index is 0.166. The zero-order chi connectivity index (χ0) is 21.4. The molecule has 0 saturated carbocycles. The third-order valence-electron chi connectivity index (χ3n) is 6.46. The van der Waals surface area contributed by atoms with Crippen LogP contribution in [-0.4, -0.2) is 50.7 Å². The predicted molar refractivity (Wildman–Crippen MR) is 122 cm³/mol. The van der Waals surface area contributed by atoms with Gasteiger partial charge in [-0.25, -0.2) is 9.97 Å². The molecule has 3 aromatic rings. The van der Waals surface area contributed by atoms with E-state index in [1.807, 2.05) is 35.3 Å². The van der Waals surface area contributed by atoms with E-state index >= 15 is 0 Å². The average molecular weight is 439 g/mol. The molecule has 2 atom stereocenters. The topological polar surface area (TPSA) is 59.2 Å². The number of imidazole rings is 1. The molecule has 31 heavy (non-hydrogen) atoms. The van der Waals surface area contributed by atoms with Crippen molar-refractivity contribution in [2.75, 3.05) is 31.6 Å². The Morgan fingerprint density at radius 2 is 2.10 bits per heavy atom. The quantitative estimate of drug-likeness (QED) is 0.592. The summed E-state index contributed by atoms with van der Waals surface area (Å²) in [6, 6.07) is 8.07. The lowest BCUT2D eigenvalue weighted by atomic mass is 9.83. The van der Waals surface area contributed by atoms with Crippen molar-refractivity contribution in [3.63, 3.8) is 0 Å². The highest BCUT2D eigenvalue weighted by Gasteiger charge is 2.35. The first-order valence-corrected chi connectivity index (χ1v) is 11.2. The second kappa shape index (κ2) is 8.48. The van der Waals surface area contributed by atoms with E-state index in [2.05, 4.69) is 37.4 Å². The molecule has 5 heterocycles. The third-order valence-corrected chi connectivity index (χ3v) is 6.68. The van der Waals surface area contributed by atoms with E-state index in [1.54, 1.807) is 12.4 Å². The monoisotopic (exact) mass is 438 g/mol. The molecular formula is C23H27ClN6O. The van der Waals surface area contributed by atoms with Gasteiger partial charge in [0.05, 0.1) is 11.3 Å². The van der Waals surface area contributed by atoms with Crippen LogP contribution in [0.3, 0.4) is 0 Å². The molecule has 0 aliphatic carbocycles. The normalized spacial score (nSPS) is 20.2. The second-order valence-electron chi connectivity index (χ2n) is 8.78. The van der Waals surface area contributed by atoms with Crippen molar-refractivity contribution in [3.8, 4) is 0 Å². The van der Waals surface area contributed by atoms with Crippen LogP contribution < -0.4 is 10.5 Å². The number of nitrogens with zero attached hydrogens (tertiary/aromatic N) is 6. The van der Waals surface area contributed by atoms with Crippen LogP contribution in [0.5, 0.6) is 0 Å². The van der Waals surface area contributed by atoms with Crippen LogP contribution >= 0.6 is 11.6 Å². The summed E-state index contributed by atoms with van der Waals surface area (Å²) in [7, 11) is 2.06. The smallest absolute Gasteiger partial charge is 0.255 e. The summed E-state index contributed by atoms with van der Waals surface area (Å²) in [6.07, 6.45) is 8.41. The molecule has 0 N–H and O–H groups in total. The van der Waals surface area contributed by atoms with Gasteiger partial charge in [0, 0.05) is 75.0 Å². The summed E-state index contributed by atoms with van der Waals surface area (Å²) >= 11 is 6.00. The average Bonchev–Trinajstić information content (AvgIpc) is 3.29. The van der Waals surface area contributed by atoms with Crippen molar-refractivity contribution in [2.24, 2.45) is 5.92 Å². The summed E-state index contributed by atoms with van der Waals surface area (Å²) < 4.78 is 4.09. The molecule has 1 saturated heterocycles. The van der Waals surface area contributed by atoms with Crippen LogP contribution in [0.25, 0.3) is 0 Å². The van der Waals surface area contributed by atoms with Gasteiger partial charge in [-0.05, 0) is 37.6 Å². The van der Waals surface area contributed by atoms with Crippen molar-refractivity contribution in [1.82, 2.24) is 24.0 Å². The molecule has 0 aromatic carbocycles. The first kappa shape index (κ1) is 20.3. The maximum atomic E-state index is 13.3. The van der Waals surface area contributed by atoms with Crippen molar-refractivity contribution in [3.05, 3.63) is 75.8 Å². The SMILES string of the molecule is CN(CCn1ccnc1)Cc1ccc2n(c1=O)C[C@H]1C[C@@H]2CN(c2ccc(Cl)cn2)C1. The van der Waals surface area contributed by atoms with Crippen LogP contribution in [0.4, 0.5) is 5.82 Å². The summed E-state index contributed by atoms with van der Waals surface area (Å²) in [4.78, 5) is 26.4. The first-order chi connectivity index (χ1) is 15.1. The molecule has 0 amide bonds. The van der Waals surface area contributed by atoms with Crippen molar-refractivity contribution in [2.45, 2.75) is 32.0 Å². The first-order valence-electron chi connectivity index (χ1n) is 10.8. The largest absolute Gasteiger partial charge is 0.356 e. The molecule has 2 aliphatic rings. The summed E-state index contributed by atoms with van der Waals surface area (Å²) in [5.41, 5.74) is 2.19. The molecule has 3 aromatic heterocycles. The van der Waals surface area contributed by atoms with E-state index in [-0.39, 0.29) is 5.56 Å². The number of pyridine rings is 2. The maximum absolute atomic E-state index is 13.3. The Labute approximate surface area is 186 Å². The van der Waals surface area contributed by atoms with Crippen LogP contribution in [0.2, 0.25) is 5.02 Å². The lowest BCUT2D eigenvalue weighted by molar-refractivity contribution is 0.275. The number of piperidine rings is 1. The number of fused-ring (bicyclic) bond motifs is 4. The molecule has 7 nitrogen and oxygen atoms in total. The van der Waals surface area contributed by atoms with Gasteiger partial charge in [0.15, 0.2) is 0 Å². The number of anilines is 1. The summed E-state index contributed by atoms with van der Waals surface area (Å²) in [6.45, 7) is 4.97. The summed E-state index contributed by atoms with van der Waals surface area (Å²) in [5.74, 6) is 1.77. The van der Waals surface area contributed by atoms with E-state index in [4.69, 9.17) is 11.6 Å². The van der Waals surface area contributed by atoms with Gasteiger partial charge < -0.3 is 18.9 Å². The molecule has 2 aliphatic heterocycles. The third kappa shape index (κ3) is 4.25. The Bertz CT molecular complexity index is 1090. The molecular weight excluding hydrogens is 412 g/mol. The molecule has 1 fully saturated rings. The Kier molecular flexibility index (Phi) is 5.54. The fourth-order valence-electron chi connectivity index (χ4n) is 4.93. The van der Waals surface area contributed by atoms with Crippen LogP contribution in [0.1, 0.15) is 23.6 Å². The fraction of sp³-hybridized carbons (Fsp3) is 0.435. The van der Waals surface area contributed by atoms with E-state index in [0.29, 0.717) is 23.4 Å². The van der Waals surface area contributed by atoms with Gasteiger partial charge in [0.25, 0.3) is 5.56 Å². The predicted octanol–water partition coefficient (Wildman–Crippen LogP) is 2.85.